The molecule has 0 saturated carbocycles. The second-order valence-corrected chi connectivity index (χ2v) is 8.19. The summed E-state index contributed by atoms with van der Waals surface area (Å²) >= 11 is 0. The molecule has 1 spiro atoms. The molecule has 6 nitrogen and oxygen atoms in total. The number of ether oxygens (including phenoxy) is 1. The van der Waals surface area contributed by atoms with E-state index in [1.807, 2.05) is 17.0 Å². The average molecular weight is 385 g/mol. The van der Waals surface area contributed by atoms with Crippen molar-refractivity contribution in [3.05, 3.63) is 24.3 Å². The lowest BCUT2D eigenvalue weighted by molar-refractivity contribution is -0.197. The van der Waals surface area contributed by atoms with Crippen molar-refractivity contribution in [1.82, 2.24) is 4.90 Å². The van der Waals surface area contributed by atoms with Gasteiger partial charge >= 0.3 is 18.2 Å². The lowest BCUT2D eigenvalue weighted by Gasteiger charge is -2.60. The Hall–Kier alpha value is -2.45. The van der Waals surface area contributed by atoms with Gasteiger partial charge < -0.3 is 14.5 Å². The number of nitrogens with one attached hydrogen (secondary N) is 1. The van der Waals surface area contributed by atoms with Gasteiger partial charge in [0.05, 0.1) is 0 Å². The molecule has 0 aliphatic carbocycles. The van der Waals surface area contributed by atoms with Crippen LogP contribution in [-0.2, 0) is 9.53 Å². The van der Waals surface area contributed by atoms with Crippen molar-refractivity contribution in [2.45, 2.75) is 32.5 Å². The van der Waals surface area contributed by atoms with Gasteiger partial charge in [-0.3, -0.25) is 10.1 Å². The highest BCUT2D eigenvalue weighted by atomic mass is 19.4. The number of carbonyl (C=O) groups is 2. The summed E-state index contributed by atoms with van der Waals surface area (Å²) in [6.45, 7) is 6.82. The van der Waals surface area contributed by atoms with Gasteiger partial charge in [0, 0.05) is 43.0 Å². The van der Waals surface area contributed by atoms with E-state index in [1.54, 1.807) is 32.9 Å². The molecule has 2 aliphatic rings. The van der Waals surface area contributed by atoms with E-state index in [9.17, 15) is 22.8 Å². The predicted molar refractivity (Wildman–Crippen MR) is 93.6 cm³/mol. The second kappa shape index (κ2) is 6.31. The number of anilines is 2. The molecule has 27 heavy (non-hydrogen) atoms. The van der Waals surface area contributed by atoms with E-state index in [4.69, 9.17) is 4.74 Å². The normalized spacial score (nSPS) is 18.6. The third kappa shape index (κ3) is 4.28. The maximum Gasteiger partial charge on any atom is 0.471 e. The van der Waals surface area contributed by atoms with Crippen LogP contribution < -0.4 is 10.2 Å². The van der Waals surface area contributed by atoms with Crippen molar-refractivity contribution >= 4 is 23.4 Å². The molecular formula is C18H22F3N3O3. The van der Waals surface area contributed by atoms with Crippen molar-refractivity contribution in [3.8, 4) is 0 Å². The van der Waals surface area contributed by atoms with Crippen LogP contribution in [0.4, 0.5) is 29.3 Å². The zero-order valence-electron chi connectivity index (χ0n) is 15.4. The maximum atomic E-state index is 12.4. The van der Waals surface area contributed by atoms with Gasteiger partial charge in [0.25, 0.3) is 0 Å². The van der Waals surface area contributed by atoms with Crippen molar-refractivity contribution in [3.63, 3.8) is 0 Å². The van der Waals surface area contributed by atoms with E-state index in [-0.39, 0.29) is 18.5 Å². The molecule has 1 aromatic carbocycles. The fraction of sp³-hybridized carbons (Fsp3) is 0.556. The van der Waals surface area contributed by atoms with Gasteiger partial charge in [-0.15, -0.1) is 0 Å². The number of benzene rings is 1. The molecule has 3 rings (SSSR count). The third-order valence-corrected chi connectivity index (χ3v) is 4.51. The number of carbonyl (C=O) groups excluding carboxylic acids is 2. The van der Waals surface area contributed by atoms with Gasteiger partial charge in [-0.1, -0.05) is 0 Å². The molecule has 9 heteroatoms. The highest BCUT2D eigenvalue weighted by Gasteiger charge is 2.57. The summed E-state index contributed by atoms with van der Waals surface area (Å²) in [5.74, 6) is -1.76. The first-order valence-electron chi connectivity index (χ1n) is 8.58. The van der Waals surface area contributed by atoms with Crippen molar-refractivity contribution in [2.75, 3.05) is 36.4 Å². The van der Waals surface area contributed by atoms with Gasteiger partial charge in [0.15, 0.2) is 0 Å². The van der Waals surface area contributed by atoms with Crippen LogP contribution in [0.5, 0.6) is 0 Å². The van der Waals surface area contributed by atoms with Crippen molar-refractivity contribution in [1.29, 1.82) is 0 Å². The molecule has 0 aromatic heterocycles. The van der Waals surface area contributed by atoms with E-state index >= 15 is 0 Å². The van der Waals surface area contributed by atoms with Crippen molar-refractivity contribution in [2.24, 2.45) is 5.41 Å². The summed E-state index contributed by atoms with van der Waals surface area (Å²) < 4.78 is 42.4. The minimum absolute atomic E-state index is 0.139. The Labute approximate surface area is 155 Å². The fourth-order valence-electron chi connectivity index (χ4n) is 3.41. The Morgan fingerprint density at radius 3 is 2.07 bits per heavy atom. The quantitative estimate of drug-likeness (QED) is 0.849. The lowest BCUT2D eigenvalue weighted by Crippen LogP contribution is -2.74. The summed E-state index contributed by atoms with van der Waals surface area (Å²) in [5, 5.41) is 2.64. The molecule has 2 saturated heterocycles. The molecule has 2 heterocycles. The van der Waals surface area contributed by atoms with Crippen LogP contribution in [0.25, 0.3) is 0 Å². The van der Waals surface area contributed by atoms with E-state index < -0.39 is 23.8 Å². The second-order valence-electron chi connectivity index (χ2n) is 8.19. The van der Waals surface area contributed by atoms with Crippen LogP contribution in [0.1, 0.15) is 20.8 Å². The van der Waals surface area contributed by atoms with Gasteiger partial charge in [-0.25, -0.2) is 4.79 Å². The zero-order chi connectivity index (χ0) is 20.0. The Morgan fingerprint density at radius 2 is 1.59 bits per heavy atom. The number of rotatable bonds is 2. The molecule has 2 aliphatic heterocycles. The van der Waals surface area contributed by atoms with E-state index in [2.05, 4.69) is 5.32 Å². The monoisotopic (exact) mass is 385 g/mol. The number of nitrogens with zero attached hydrogens (tertiary/aromatic N) is 2. The first-order valence-corrected chi connectivity index (χ1v) is 8.58. The Kier molecular flexibility index (Phi) is 4.52. The maximum absolute atomic E-state index is 12.4. The van der Waals surface area contributed by atoms with Crippen LogP contribution in [0.3, 0.4) is 0 Å². The van der Waals surface area contributed by atoms with E-state index in [0.717, 1.165) is 10.6 Å². The van der Waals surface area contributed by atoms with Gasteiger partial charge in [0.2, 0.25) is 0 Å². The van der Waals surface area contributed by atoms with Crippen LogP contribution in [0.2, 0.25) is 0 Å². The molecule has 1 aromatic rings. The minimum atomic E-state index is -4.80. The van der Waals surface area contributed by atoms with Crippen molar-refractivity contribution < 1.29 is 27.5 Å². The molecule has 0 unspecified atom stereocenters. The van der Waals surface area contributed by atoms with Crippen LogP contribution in [-0.4, -0.2) is 54.9 Å². The van der Waals surface area contributed by atoms with Gasteiger partial charge in [-0.05, 0) is 45.0 Å². The highest BCUT2D eigenvalue weighted by Crippen LogP contribution is 2.43. The SMILES string of the molecule is CC(C)(C)OC(=O)Nc1ccc(N2CC3(CN(C(=O)C(F)(F)F)C3)C2)cc1. The number of halogens is 3. The lowest BCUT2D eigenvalue weighted by atomic mass is 9.72. The molecule has 0 atom stereocenters. The standard InChI is InChI=1S/C18H22F3N3O3/c1-16(2,3)27-15(26)22-12-4-6-13(7-5-12)23-8-17(9-23)10-24(11-17)14(25)18(19,20)21/h4-7H,8-11H2,1-3H3,(H,22,26). The number of alkyl halides is 3. The number of likely N-dealkylation sites (tertiary alicyclic amines) is 1. The van der Waals surface area contributed by atoms with Crippen LogP contribution in [0.15, 0.2) is 24.3 Å². The largest absolute Gasteiger partial charge is 0.471 e. The fourth-order valence-corrected chi connectivity index (χ4v) is 3.41. The van der Waals surface area contributed by atoms with Crippen LogP contribution in [0, 0.1) is 5.41 Å². The summed E-state index contributed by atoms with van der Waals surface area (Å²) in [7, 11) is 0. The first-order chi connectivity index (χ1) is 12.4. The van der Waals surface area contributed by atoms with Crippen LogP contribution >= 0.6 is 0 Å². The van der Waals surface area contributed by atoms with Gasteiger partial charge in [0.1, 0.15) is 5.60 Å². The highest BCUT2D eigenvalue weighted by molar-refractivity contribution is 5.85. The van der Waals surface area contributed by atoms with E-state index in [1.165, 1.54) is 0 Å². The predicted octanol–water partition coefficient (Wildman–Crippen LogP) is 3.24. The van der Waals surface area contributed by atoms with E-state index in [0.29, 0.717) is 18.8 Å². The summed E-state index contributed by atoms with van der Waals surface area (Å²) in [5.41, 5.74) is 0.680. The molecule has 0 bridgehead atoms. The molecular weight excluding hydrogens is 363 g/mol. The molecule has 2 fully saturated rings. The summed E-state index contributed by atoms with van der Waals surface area (Å²) in [6, 6.07) is 7.14. The summed E-state index contributed by atoms with van der Waals surface area (Å²) in [6.07, 6.45) is -5.34. The number of hydrogen-bond acceptors (Lipinski definition) is 4. The third-order valence-electron chi connectivity index (χ3n) is 4.51. The average Bonchev–Trinajstić information content (AvgIpc) is 2.42. The molecule has 1 N–H and O–H groups in total. The minimum Gasteiger partial charge on any atom is -0.444 e. The topological polar surface area (TPSA) is 61.9 Å². The number of amides is 2. The Morgan fingerprint density at radius 1 is 1.04 bits per heavy atom. The molecule has 0 radical (unpaired) electrons. The molecule has 148 valence electrons. The number of hydrogen-bond donors (Lipinski definition) is 1. The Bertz CT molecular complexity index is 727. The summed E-state index contributed by atoms with van der Waals surface area (Å²) in [4.78, 5) is 25.8. The first kappa shape index (κ1) is 19.3. The zero-order valence-corrected chi connectivity index (χ0v) is 15.4. The Balaban J connectivity index is 1.48. The van der Waals surface area contributed by atoms with Gasteiger partial charge in [-0.2, -0.15) is 13.2 Å². The smallest absolute Gasteiger partial charge is 0.444 e. The molecule has 2 amide bonds.